The van der Waals surface area contributed by atoms with E-state index in [2.05, 4.69) is 56.8 Å². The van der Waals surface area contributed by atoms with Crippen molar-refractivity contribution in [3.05, 3.63) is 0 Å². The standard InChI is InChI=1S/C26H54N3O6/c1-7-9-29-25(23-35-20-17-30-11-8-26(4,5)6)21-28(27-29)10-12-31-13-14-32-15-16-33-18-19-34-22-24(2)3/h24,27H,7-23H2,1-6H3/q+1. The Morgan fingerprint density at radius 2 is 1.34 bits per heavy atom. The number of hydrazine groups is 2. The molecule has 1 aliphatic heterocycles. The summed E-state index contributed by atoms with van der Waals surface area (Å²) in [6.07, 6.45) is 2.13. The van der Waals surface area contributed by atoms with Crippen LogP contribution >= 0.6 is 0 Å². The van der Waals surface area contributed by atoms with Crippen LogP contribution < -0.4 is 5.53 Å². The molecule has 0 bridgehead atoms. The molecule has 1 N–H and O–H groups in total. The number of ether oxygens (including phenoxy) is 6. The number of hydrogen-bond donors (Lipinski definition) is 1. The minimum Gasteiger partial charge on any atom is -0.379 e. The lowest BCUT2D eigenvalue weighted by molar-refractivity contribution is -0.604. The summed E-state index contributed by atoms with van der Waals surface area (Å²) in [5.74, 6) is 0.558. The van der Waals surface area contributed by atoms with Crippen molar-refractivity contribution in [2.45, 2.75) is 54.4 Å². The van der Waals surface area contributed by atoms with Crippen LogP contribution in [0.1, 0.15) is 54.4 Å². The zero-order chi connectivity index (χ0) is 25.8. The molecule has 0 amide bonds. The van der Waals surface area contributed by atoms with Gasteiger partial charge in [0.2, 0.25) is 5.71 Å². The maximum absolute atomic E-state index is 5.87. The van der Waals surface area contributed by atoms with Crippen LogP contribution in [0.5, 0.6) is 0 Å². The average molecular weight is 505 g/mol. The van der Waals surface area contributed by atoms with Gasteiger partial charge >= 0.3 is 0 Å². The van der Waals surface area contributed by atoms with Crippen molar-refractivity contribution in [1.29, 1.82) is 0 Å². The molecular weight excluding hydrogens is 450 g/mol. The Balaban J connectivity index is 2.00. The summed E-state index contributed by atoms with van der Waals surface area (Å²) in [6.45, 7) is 23.4. The van der Waals surface area contributed by atoms with Gasteiger partial charge in [-0.05, 0) is 17.8 Å². The molecule has 0 fully saturated rings. The van der Waals surface area contributed by atoms with Crippen LogP contribution in [0.2, 0.25) is 0 Å². The van der Waals surface area contributed by atoms with Crippen LogP contribution in [0.15, 0.2) is 0 Å². The highest BCUT2D eigenvalue weighted by Crippen LogP contribution is 2.17. The molecule has 1 aliphatic rings. The highest BCUT2D eigenvalue weighted by atomic mass is 16.6. The Kier molecular flexibility index (Phi) is 18.7. The molecule has 1 rings (SSSR count). The average Bonchev–Trinajstić information content (AvgIpc) is 3.17. The monoisotopic (exact) mass is 504 g/mol. The predicted octanol–water partition coefficient (Wildman–Crippen LogP) is 2.78. The van der Waals surface area contributed by atoms with Gasteiger partial charge in [-0.3, -0.25) is 0 Å². The summed E-state index contributed by atoms with van der Waals surface area (Å²) >= 11 is 0. The Hall–Kier alpha value is -0.810. The maximum Gasteiger partial charge on any atom is 0.225 e. The molecule has 0 aromatic carbocycles. The molecule has 0 aliphatic carbocycles. The van der Waals surface area contributed by atoms with E-state index in [1.807, 2.05) is 0 Å². The molecule has 0 aromatic heterocycles. The Morgan fingerprint density at radius 1 is 0.800 bits per heavy atom. The lowest BCUT2D eigenvalue weighted by Gasteiger charge is -2.17. The van der Waals surface area contributed by atoms with Crippen molar-refractivity contribution >= 4 is 5.71 Å². The van der Waals surface area contributed by atoms with Gasteiger partial charge in [-0.25, -0.2) is 0 Å². The van der Waals surface area contributed by atoms with Gasteiger partial charge in [0, 0.05) is 26.2 Å². The fourth-order valence-electron chi connectivity index (χ4n) is 3.21. The zero-order valence-corrected chi connectivity index (χ0v) is 23.4. The fourth-order valence-corrected chi connectivity index (χ4v) is 3.21. The molecule has 9 heteroatoms. The topological polar surface area (TPSA) is 73.7 Å². The van der Waals surface area contributed by atoms with Gasteiger partial charge in [0.15, 0.2) is 6.54 Å². The van der Waals surface area contributed by atoms with Gasteiger partial charge in [-0.1, -0.05) is 41.5 Å². The highest BCUT2D eigenvalue weighted by Gasteiger charge is 2.28. The van der Waals surface area contributed by atoms with Crippen molar-refractivity contribution < 1.29 is 33.1 Å². The van der Waals surface area contributed by atoms with E-state index in [-0.39, 0.29) is 0 Å². The summed E-state index contributed by atoms with van der Waals surface area (Å²) in [7, 11) is 0. The van der Waals surface area contributed by atoms with Crippen LogP contribution in [-0.2, 0) is 28.4 Å². The maximum atomic E-state index is 5.87. The van der Waals surface area contributed by atoms with Gasteiger partial charge < -0.3 is 28.4 Å². The zero-order valence-electron chi connectivity index (χ0n) is 23.4. The minimum absolute atomic E-state index is 0.310. The molecular formula is C26H54N3O6+. The Labute approximate surface area is 214 Å². The number of nitrogens with one attached hydrogen (secondary N) is 1. The third kappa shape index (κ3) is 19.0. The first kappa shape index (κ1) is 32.2. The first-order valence-corrected chi connectivity index (χ1v) is 13.4. The van der Waals surface area contributed by atoms with E-state index in [9.17, 15) is 0 Å². The summed E-state index contributed by atoms with van der Waals surface area (Å²) in [4.78, 5) is 0. The van der Waals surface area contributed by atoms with Crippen molar-refractivity contribution in [3.63, 3.8) is 0 Å². The highest BCUT2D eigenvalue weighted by molar-refractivity contribution is 5.83. The molecule has 0 unspecified atom stereocenters. The normalized spacial score (nSPS) is 14.9. The van der Waals surface area contributed by atoms with Gasteiger partial charge in [-0.15, -0.1) is 10.2 Å². The Bertz CT molecular complexity index is 540. The first-order chi connectivity index (χ1) is 16.8. The van der Waals surface area contributed by atoms with Crippen LogP contribution in [0.4, 0.5) is 0 Å². The van der Waals surface area contributed by atoms with Crippen molar-refractivity contribution in [2.75, 3.05) is 98.9 Å². The smallest absolute Gasteiger partial charge is 0.225 e. The van der Waals surface area contributed by atoms with E-state index < -0.39 is 0 Å². The second-order valence-corrected chi connectivity index (χ2v) is 10.5. The molecule has 35 heavy (non-hydrogen) atoms. The summed E-state index contributed by atoms with van der Waals surface area (Å²) in [5.41, 5.74) is 5.01. The largest absolute Gasteiger partial charge is 0.379 e. The summed E-state index contributed by atoms with van der Waals surface area (Å²) in [5, 5.41) is 2.17. The number of nitrogens with zero attached hydrogens (tertiary/aromatic N) is 2. The van der Waals surface area contributed by atoms with E-state index in [0.29, 0.717) is 77.4 Å². The van der Waals surface area contributed by atoms with E-state index in [1.165, 1.54) is 5.71 Å². The molecule has 0 spiro atoms. The van der Waals surface area contributed by atoms with Crippen molar-refractivity contribution in [2.24, 2.45) is 11.3 Å². The second-order valence-electron chi connectivity index (χ2n) is 10.5. The van der Waals surface area contributed by atoms with Crippen LogP contribution in [0, 0.1) is 11.3 Å². The van der Waals surface area contributed by atoms with Gasteiger partial charge in [0.25, 0.3) is 0 Å². The van der Waals surface area contributed by atoms with Crippen molar-refractivity contribution in [3.8, 4) is 0 Å². The van der Waals surface area contributed by atoms with E-state index >= 15 is 0 Å². The molecule has 0 radical (unpaired) electrons. The fraction of sp³-hybridized carbons (Fsp3) is 0.962. The van der Waals surface area contributed by atoms with Crippen LogP contribution in [0.3, 0.4) is 0 Å². The van der Waals surface area contributed by atoms with E-state index in [0.717, 1.165) is 45.7 Å². The third-order valence-corrected chi connectivity index (χ3v) is 5.17. The van der Waals surface area contributed by atoms with E-state index in [4.69, 9.17) is 28.4 Å². The first-order valence-electron chi connectivity index (χ1n) is 13.4. The Morgan fingerprint density at radius 3 is 1.91 bits per heavy atom. The van der Waals surface area contributed by atoms with Crippen molar-refractivity contribution in [1.82, 2.24) is 10.5 Å². The van der Waals surface area contributed by atoms with Gasteiger partial charge in [0.05, 0.1) is 59.5 Å². The molecule has 1 heterocycles. The molecule has 0 atom stereocenters. The summed E-state index contributed by atoms with van der Waals surface area (Å²) < 4.78 is 36.0. The predicted molar refractivity (Wildman–Crippen MR) is 139 cm³/mol. The van der Waals surface area contributed by atoms with Gasteiger partial charge in [0.1, 0.15) is 13.2 Å². The molecule has 9 nitrogen and oxygen atoms in total. The summed E-state index contributed by atoms with van der Waals surface area (Å²) in [6, 6.07) is 0. The quantitative estimate of drug-likeness (QED) is 0.168. The van der Waals surface area contributed by atoms with Crippen LogP contribution in [-0.4, -0.2) is 114 Å². The van der Waals surface area contributed by atoms with Crippen LogP contribution in [0.25, 0.3) is 0 Å². The van der Waals surface area contributed by atoms with E-state index in [1.54, 1.807) is 0 Å². The number of rotatable bonds is 23. The minimum atomic E-state index is 0.310. The number of hydrazone groups is 1. The molecule has 0 saturated carbocycles. The molecule has 0 saturated heterocycles. The lowest BCUT2D eigenvalue weighted by atomic mass is 9.93. The molecule has 208 valence electrons. The number of hydrogen-bond acceptors (Lipinski definition) is 8. The third-order valence-electron chi connectivity index (χ3n) is 5.17. The van der Waals surface area contributed by atoms with Gasteiger partial charge in [-0.2, -0.15) is 5.01 Å². The lowest BCUT2D eigenvalue weighted by Crippen LogP contribution is -2.40. The SMILES string of the molecule is CCC[N+]1=C(COCCOCCC(C)(C)C)CN(CCOCCOCCOCCOCC(C)C)N1. The second kappa shape index (κ2) is 20.3. The molecule has 0 aromatic rings.